The van der Waals surface area contributed by atoms with Gasteiger partial charge in [-0.1, -0.05) is 26.7 Å². The van der Waals surface area contributed by atoms with Gasteiger partial charge in [-0.05, 0) is 46.5 Å². The molecule has 4 nitrogen and oxygen atoms in total. The van der Waals surface area contributed by atoms with Gasteiger partial charge >= 0.3 is 0 Å². The lowest BCUT2D eigenvalue weighted by molar-refractivity contribution is -0.146. The Morgan fingerprint density at radius 3 is 2.43 bits per heavy atom. The third-order valence-corrected chi connectivity index (χ3v) is 3.97. The molecule has 0 radical (unpaired) electrons. The number of Topliss-reactive ketones (excluding diaryl/α,β-unsaturated/α-hetero) is 1. The minimum Gasteiger partial charge on any atom is -0.333 e. The van der Waals surface area contributed by atoms with Crippen LogP contribution in [0, 0.1) is 0 Å². The Hall–Kier alpha value is -0.900. The van der Waals surface area contributed by atoms with E-state index in [1.165, 1.54) is 0 Å². The Kier molecular flexibility index (Phi) is 6.85. The SMILES string of the molecule is CCCC(NC(C)(C)C)C(=O)C(=O)N1CCC[C@H]1CCC. The van der Waals surface area contributed by atoms with E-state index in [0.717, 1.165) is 38.6 Å². The van der Waals surface area contributed by atoms with Crippen LogP contribution in [-0.2, 0) is 9.59 Å². The van der Waals surface area contributed by atoms with Gasteiger partial charge in [-0.25, -0.2) is 0 Å². The van der Waals surface area contributed by atoms with Crippen molar-refractivity contribution in [3.8, 4) is 0 Å². The van der Waals surface area contributed by atoms with Crippen LogP contribution in [0.3, 0.4) is 0 Å². The second-order valence-corrected chi connectivity index (χ2v) is 7.18. The molecule has 0 spiro atoms. The minimum absolute atomic E-state index is 0.163. The van der Waals surface area contributed by atoms with Crippen LogP contribution in [-0.4, -0.2) is 40.8 Å². The molecule has 1 aliphatic heterocycles. The highest BCUT2D eigenvalue weighted by Crippen LogP contribution is 2.22. The van der Waals surface area contributed by atoms with Gasteiger partial charge in [-0.15, -0.1) is 0 Å². The van der Waals surface area contributed by atoms with E-state index in [-0.39, 0.29) is 29.3 Å². The molecule has 1 rings (SSSR count). The summed E-state index contributed by atoms with van der Waals surface area (Å²) in [4.78, 5) is 27.0. The van der Waals surface area contributed by atoms with Crippen molar-refractivity contribution in [2.24, 2.45) is 0 Å². The first-order chi connectivity index (χ1) is 9.80. The van der Waals surface area contributed by atoms with Crippen LogP contribution in [0.5, 0.6) is 0 Å². The number of amides is 1. The Balaban J connectivity index is 2.75. The number of carbonyl (C=O) groups excluding carboxylic acids is 2. The third kappa shape index (κ3) is 5.42. The maximum atomic E-state index is 12.6. The molecule has 0 aliphatic carbocycles. The highest BCUT2D eigenvalue weighted by molar-refractivity contribution is 6.38. The average Bonchev–Trinajstić information content (AvgIpc) is 2.83. The third-order valence-electron chi connectivity index (χ3n) is 3.97. The van der Waals surface area contributed by atoms with E-state index < -0.39 is 0 Å². The Labute approximate surface area is 129 Å². The second kappa shape index (κ2) is 7.92. The van der Waals surface area contributed by atoms with Gasteiger partial charge < -0.3 is 10.2 Å². The van der Waals surface area contributed by atoms with E-state index in [1.54, 1.807) is 0 Å². The molecule has 1 saturated heterocycles. The quantitative estimate of drug-likeness (QED) is 0.735. The summed E-state index contributed by atoms with van der Waals surface area (Å²) < 4.78 is 0. The lowest BCUT2D eigenvalue weighted by Crippen LogP contribution is -2.53. The van der Waals surface area contributed by atoms with E-state index in [0.29, 0.717) is 6.42 Å². The average molecular weight is 296 g/mol. The van der Waals surface area contributed by atoms with Crippen LogP contribution in [0.15, 0.2) is 0 Å². The van der Waals surface area contributed by atoms with Crippen LogP contribution < -0.4 is 5.32 Å². The van der Waals surface area contributed by atoms with Crippen molar-refractivity contribution in [3.63, 3.8) is 0 Å². The number of nitrogens with zero attached hydrogens (tertiary/aromatic N) is 1. The first kappa shape index (κ1) is 18.1. The van der Waals surface area contributed by atoms with Crippen molar-refractivity contribution in [2.75, 3.05) is 6.54 Å². The number of hydrogen-bond donors (Lipinski definition) is 1. The predicted octanol–water partition coefficient (Wildman–Crippen LogP) is 2.90. The highest BCUT2D eigenvalue weighted by atomic mass is 16.2. The minimum atomic E-state index is -0.356. The van der Waals surface area contributed by atoms with Gasteiger partial charge in [0.25, 0.3) is 5.91 Å². The van der Waals surface area contributed by atoms with Crippen molar-refractivity contribution in [2.45, 2.75) is 90.8 Å². The number of nitrogens with one attached hydrogen (secondary N) is 1. The molecule has 0 aromatic heterocycles. The topological polar surface area (TPSA) is 49.4 Å². The zero-order valence-corrected chi connectivity index (χ0v) is 14.4. The summed E-state index contributed by atoms with van der Waals surface area (Å²) in [6, 6.07) is -0.0891. The number of likely N-dealkylation sites (tertiary alicyclic amines) is 1. The van der Waals surface area contributed by atoms with Crippen LogP contribution >= 0.6 is 0 Å². The summed E-state index contributed by atoms with van der Waals surface area (Å²) in [5.74, 6) is -0.532. The molecule has 1 aliphatic rings. The van der Waals surface area contributed by atoms with Crippen molar-refractivity contribution < 1.29 is 9.59 Å². The van der Waals surface area contributed by atoms with Gasteiger partial charge in [0.05, 0.1) is 6.04 Å². The monoisotopic (exact) mass is 296 g/mol. The maximum absolute atomic E-state index is 12.6. The van der Waals surface area contributed by atoms with E-state index >= 15 is 0 Å². The molecule has 0 aromatic carbocycles. The lowest BCUT2D eigenvalue weighted by Gasteiger charge is -2.30. The molecule has 2 atom stereocenters. The summed E-state index contributed by atoms with van der Waals surface area (Å²) >= 11 is 0. The fourth-order valence-electron chi connectivity index (χ4n) is 3.11. The van der Waals surface area contributed by atoms with Gasteiger partial charge in [-0.3, -0.25) is 9.59 Å². The normalized spacial score (nSPS) is 20.6. The molecular weight excluding hydrogens is 264 g/mol. The fraction of sp³-hybridized carbons (Fsp3) is 0.882. The first-order valence-corrected chi connectivity index (χ1v) is 8.42. The molecule has 1 heterocycles. The van der Waals surface area contributed by atoms with E-state index in [1.807, 2.05) is 32.6 Å². The lowest BCUT2D eigenvalue weighted by atomic mass is 10.00. The predicted molar refractivity (Wildman–Crippen MR) is 86.2 cm³/mol. The number of carbonyl (C=O) groups is 2. The molecule has 1 fully saturated rings. The summed E-state index contributed by atoms with van der Waals surface area (Å²) in [5.41, 5.74) is -0.163. The fourth-order valence-corrected chi connectivity index (χ4v) is 3.11. The molecular formula is C17H32N2O2. The molecule has 122 valence electrons. The molecule has 1 amide bonds. The number of ketones is 1. The van der Waals surface area contributed by atoms with Crippen LogP contribution in [0.2, 0.25) is 0 Å². The van der Waals surface area contributed by atoms with Gasteiger partial charge in [0.15, 0.2) is 0 Å². The van der Waals surface area contributed by atoms with Crippen LogP contribution in [0.4, 0.5) is 0 Å². The van der Waals surface area contributed by atoms with Crippen LogP contribution in [0.1, 0.15) is 73.1 Å². The molecule has 4 heteroatoms. The van der Waals surface area contributed by atoms with Crippen LogP contribution in [0.25, 0.3) is 0 Å². The maximum Gasteiger partial charge on any atom is 0.291 e. The van der Waals surface area contributed by atoms with E-state index in [4.69, 9.17) is 0 Å². The first-order valence-electron chi connectivity index (χ1n) is 8.42. The number of rotatable bonds is 7. The van der Waals surface area contributed by atoms with Gasteiger partial charge in [-0.2, -0.15) is 0 Å². The Morgan fingerprint density at radius 1 is 1.24 bits per heavy atom. The van der Waals surface area contributed by atoms with E-state index in [2.05, 4.69) is 12.2 Å². The Morgan fingerprint density at radius 2 is 1.90 bits per heavy atom. The summed E-state index contributed by atoms with van der Waals surface area (Å²) in [7, 11) is 0. The smallest absolute Gasteiger partial charge is 0.291 e. The zero-order chi connectivity index (χ0) is 16.0. The largest absolute Gasteiger partial charge is 0.333 e. The van der Waals surface area contributed by atoms with Crippen molar-refractivity contribution >= 4 is 11.7 Å². The van der Waals surface area contributed by atoms with Gasteiger partial charge in [0.1, 0.15) is 0 Å². The van der Waals surface area contributed by atoms with Gasteiger partial charge in [0, 0.05) is 18.1 Å². The van der Waals surface area contributed by atoms with Crippen molar-refractivity contribution in [1.29, 1.82) is 0 Å². The molecule has 0 bridgehead atoms. The second-order valence-electron chi connectivity index (χ2n) is 7.18. The number of hydrogen-bond acceptors (Lipinski definition) is 3. The molecule has 21 heavy (non-hydrogen) atoms. The highest BCUT2D eigenvalue weighted by Gasteiger charge is 2.35. The van der Waals surface area contributed by atoms with Crippen molar-refractivity contribution in [1.82, 2.24) is 10.2 Å². The molecule has 0 saturated carbocycles. The molecule has 1 N–H and O–H groups in total. The van der Waals surface area contributed by atoms with Crippen molar-refractivity contribution in [3.05, 3.63) is 0 Å². The molecule has 0 aromatic rings. The Bertz CT molecular complexity index is 360. The summed E-state index contributed by atoms with van der Waals surface area (Å²) in [6.07, 6.45) is 5.73. The van der Waals surface area contributed by atoms with E-state index in [9.17, 15) is 9.59 Å². The summed E-state index contributed by atoms with van der Waals surface area (Å²) in [6.45, 7) is 11.0. The zero-order valence-electron chi connectivity index (χ0n) is 14.4. The standard InChI is InChI=1S/C17H32N2O2/c1-6-9-13-11-8-12-19(13)16(21)15(20)14(10-7-2)18-17(3,4)5/h13-14,18H,6-12H2,1-5H3/t13-,14?/m1/s1. The molecule has 1 unspecified atom stereocenters. The van der Waals surface area contributed by atoms with Gasteiger partial charge in [0.2, 0.25) is 5.78 Å². The summed E-state index contributed by atoms with van der Waals surface area (Å²) in [5, 5.41) is 3.31.